The highest BCUT2D eigenvalue weighted by molar-refractivity contribution is 5.23. The molecule has 0 aromatic carbocycles. The van der Waals surface area contributed by atoms with Crippen LogP contribution >= 0.6 is 0 Å². The molecule has 0 bridgehead atoms. The van der Waals surface area contributed by atoms with Gasteiger partial charge >= 0.3 is 0 Å². The molecule has 1 rings (SSSR count). The number of hydrogen-bond acceptors (Lipinski definition) is 1. The Morgan fingerprint density at radius 1 is 1.75 bits per heavy atom. The van der Waals surface area contributed by atoms with Gasteiger partial charge in [-0.25, -0.2) is 0 Å². The van der Waals surface area contributed by atoms with E-state index in [4.69, 9.17) is 0 Å². The molecular weight excluding hydrogens is 98.1 g/mol. The molecule has 0 atom stereocenters. The van der Waals surface area contributed by atoms with Crippen molar-refractivity contribution in [2.24, 2.45) is 0 Å². The Hall–Kier alpha value is -0.560. The molecule has 0 fully saturated rings. The molecule has 1 aliphatic heterocycles. The molecule has 1 heteroatoms. The average Bonchev–Trinajstić information content (AvgIpc) is 2.19. The van der Waals surface area contributed by atoms with Crippen LogP contribution in [0.25, 0.3) is 0 Å². The quantitative estimate of drug-likeness (QED) is 0.531. The van der Waals surface area contributed by atoms with E-state index in [2.05, 4.69) is 23.5 Å². The summed E-state index contributed by atoms with van der Waals surface area (Å²) in [7, 11) is 0. The zero-order chi connectivity index (χ0) is 5.82. The van der Waals surface area contributed by atoms with Gasteiger partial charge in [0.15, 0.2) is 0 Å². The second-order valence-electron chi connectivity index (χ2n) is 1.91. The van der Waals surface area contributed by atoms with Gasteiger partial charge in [0, 0.05) is 13.1 Å². The lowest BCUT2D eigenvalue weighted by Crippen LogP contribution is -2.07. The van der Waals surface area contributed by atoms with E-state index in [9.17, 15) is 0 Å². The first kappa shape index (κ1) is 5.57. The lowest BCUT2D eigenvalue weighted by Gasteiger charge is -1.87. The zero-order valence-corrected chi connectivity index (χ0v) is 5.15. The van der Waals surface area contributed by atoms with Crippen LogP contribution in [0.15, 0.2) is 23.8 Å². The summed E-state index contributed by atoms with van der Waals surface area (Å²) in [5.41, 5.74) is 1.41. The Kier molecular flexibility index (Phi) is 1.86. The van der Waals surface area contributed by atoms with Gasteiger partial charge in [-0.15, -0.1) is 0 Å². The maximum atomic E-state index is 3.21. The highest BCUT2D eigenvalue weighted by Gasteiger charge is 1.96. The van der Waals surface area contributed by atoms with E-state index < -0.39 is 0 Å². The Labute approximate surface area is 50.1 Å². The van der Waals surface area contributed by atoms with Crippen LogP contribution in [-0.4, -0.2) is 13.1 Å². The molecular formula is C7H11N. The highest BCUT2D eigenvalue weighted by atomic mass is 14.9. The fraction of sp³-hybridized carbons (Fsp3) is 0.429. The Morgan fingerprint density at radius 3 is 3.12 bits per heavy atom. The first-order chi connectivity index (χ1) is 3.93. The van der Waals surface area contributed by atoms with Crippen molar-refractivity contribution in [2.45, 2.75) is 6.92 Å². The van der Waals surface area contributed by atoms with E-state index in [0.717, 1.165) is 13.1 Å². The van der Waals surface area contributed by atoms with Crippen molar-refractivity contribution in [1.82, 2.24) is 5.32 Å². The summed E-state index contributed by atoms with van der Waals surface area (Å²) in [5.74, 6) is 0. The van der Waals surface area contributed by atoms with Crippen molar-refractivity contribution in [2.75, 3.05) is 13.1 Å². The number of allylic oxidation sites excluding steroid dienone is 1. The third-order valence-electron chi connectivity index (χ3n) is 1.22. The molecule has 0 aliphatic carbocycles. The molecule has 1 aliphatic rings. The van der Waals surface area contributed by atoms with Crippen LogP contribution in [0.2, 0.25) is 0 Å². The van der Waals surface area contributed by atoms with E-state index in [1.54, 1.807) is 0 Å². The van der Waals surface area contributed by atoms with Gasteiger partial charge in [0.2, 0.25) is 0 Å². The molecule has 0 amide bonds. The largest absolute Gasteiger partial charge is 0.309 e. The van der Waals surface area contributed by atoms with Crippen LogP contribution in [0.1, 0.15) is 6.92 Å². The number of rotatable bonds is 1. The summed E-state index contributed by atoms with van der Waals surface area (Å²) in [6.45, 7) is 4.13. The van der Waals surface area contributed by atoms with Crippen LogP contribution in [0, 0.1) is 0 Å². The average molecular weight is 109 g/mol. The fourth-order valence-electron chi connectivity index (χ4n) is 0.833. The van der Waals surface area contributed by atoms with Gasteiger partial charge in [0.05, 0.1) is 0 Å². The Bertz CT molecular complexity index is 122. The Balaban J connectivity index is 2.45. The van der Waals surface area contributed by atoms with Gasteiger partial charge < -0.3 is 5.32 Å². The van der Waals surface area contributed by atoms with Crippen LogP contribution in [0.4, 0.5) is 0 Å². The molecule has 0 aromatic heterocycles. The molecule has 0 aromatic rings. The van der Waals surface area contributed by atoms with Gasteiger partial charge in [-0.2, -0.15) is 0 Å². The summed E-state index contributed by atoms with van der Waals surface area (Å²) < 4.78 is 0. The van der Waals surface area contributed by atoms with Crippen molar-refractivity contribution < 1.29 is 0 Å². The number of nitrogens with one attached hydrogen (secondary N) is 1. The predicted octanol–water partition coefficient (Wildman–Crippen LogP) is 1.09. The van der Waals surface area contributed by atoms with Crippen LogP contribution in [-0.2, 0) is 0 Å². The minimum Gasteiger partial charge on any atom is -0.309 e. The topological polar surface area (TPSA) is 12.0 Å². The molecule has 1 N–H and O–H groups in total. The van der Waals surface area contributed by atoms with Gasteiger partial charge in [0.25, 0.3) is 0 Å². The second-order valence-corrected chi connectivity index (χ2v) is 1.91. The van der Waals surface area contributed by atoms with E-state index in [1.165, 1.54) is 5.57 Å². The van der Waals surface area contributed by atoms with Crippen molar-refractivity contribution in [3.05, 3.63) is 23.8 Å². The van der Waals surface area contributed by atoms with E-state index in [1.807, 2.05) is 6.92 Å². The maximum absolute atomic E-state index is 3.21. The van der Waals surface area contributed by atoms with Gasteiger partial charge in [-0.3, -0.25) is 0 Å². The minimum atomic E-state index is 1.04. The molecule has 0 radical (unpaired) electrons. The van der Waals surface area contributed by atoms with Crippen molar-refractivity contribution in [3.8, 4) is 0 Å². The van der Waals surface area contributed by atoms with Crippen molar-refractivity contribution in [3.63, 3.8) is 0 Å². The molecule has 1 heterocycles. The summed E-state index contributed by atoms with van der Waals surface area (Å²) >= 11 is 0. The maximum Gasteiger partial charge on any atom is 0.0205 e. The molecule has 0 spiro atoms. The minimum absolute atomic E-state index is 1.04. The molecule has 0 saturated carbocycles. The summed E-state index contributed by atoms with van der Waals surface area (Å²) in [6, 6.07) is 0. The van der Waals surface area contributed by atoms with Crippen LogP contribution in [0.3, 0.4) is 0 Å². The first-order valence-electron chi connectivity index (χ1n) is 2.96. The smallest absolute Gasteiger partial charge is 0.0205 e. The molecule has 0 unspecified atom stereocenters. The SMILES string of the molecule is C/C=C\C1=CCNC1. The van der Waals surface area contributed by atoms with Crippen molar-refractivity contribution >= 4 is 0 Å². The molecule has 1 nitrogen and oxygen atoms in total. The van der Waals surface area contributed by atoms with E-state index in [-0.39, 0.29) is 0 Å². The number of hydrogen-bond donors (Lipinski definition) is 1. The zero-order valence-electron chi connectivity index (χ0n) is 5.15. The van der Waals surface area contributed by atoms with Gasteiger partial charge in [-0.05, 0) is 12.5 Å². The van der Waals surface area contributed by atoms with Gasteiger partial charge in [-0.1, -0.05) is 18.2 Å². The first-order valence-corrected chi connectivity index (χ1v) is 2.96. The summed E-state index contributed by atoms with van der Waals surface area (Å²) in [6.07, 6.45) is 6.42. The van der Waals surface area contributed by atoms with Crippen LogP contribution in [0.5, 0.6) is 0 Å². The van der Waals surface area contributed by atoms with E-state index >= 15 is 0 Å². The monoisotopic (exact) mass is 109 g/mol. The molecule has 0 saturated heterocycles. The highest BCUT2D eigenvalue weighted by Crippen LogP contribution is 1.98. The second kappa shape index (κ2) is 2.68. The third-order valence-corrected chi connectivity index (χ3v) is 1.22. The molecule has 44 valence electrons. The molecule has 8 heavy (non-hydrogen) atoms. The summed E-state index contributed by atoms with van der Waals surface area (Å²) in [4.78, 5) is 0. The lowest BCUT2D eigenvalue weighted by molar-refractivity contribution is 0.882. The third kappa shape index (κ3) is 1.20. The van der Waals surface area contributed by atoms with Gasteiger partial charge in [0.1, 0.15) is 0 Å². The van der Waals surface area contributed by atoms with E-state index in [0.29, 0.717) is 0 Å². The Morgan fingerprint density at radius 2 is 2.62 bits per heavy atom. The van der Waals surface area contributed by atoms with Crippen molar-refractivity contribution in [1.29, 1.82) is 0 Å². The van der Waals surface area contributed by atoms with Crippen LogP contribution < -0.4 is 5.32 Å². The summed E-state index contributed by atoms with van der Waals surface area (Å²) in [5, 5.41) is 3.21. The normalized spacial score (nSPS) is 19.9. The lowest BCUT2D eigenvalue weighted by atomic mass is 10.3. The predicted molar refractivity (Wildman–Crippen MR) is 35.8 cm³/mol. The standard InChI is InChI=1S/C7H11N/c1-2-3-7-4-5-8-6-7/h2-4,8H,5-6H2,1H3/b3-2-. The fourth-order valence-corrected chi connectivity index (χ4v) is 0.833.